The van der Waals surface area contributed by atoms with Crippen LogP contribution in [0.25, 0.3) is 0 Å². The number of hydrogen-bond acceptors (Lipinski definition) is 7. The lowest BCUT2D eigenvalue weighted by Crippen LogP contribution is -2.22. The average Bonchev–Trinajstić information content (AvgIpc) is 2.51. The first-order valence-electron chi connectivity index (χ1n) is 7.27. The topological polar surface area (TPSA) is 125 Å². The minimum absolute atomic E-state index is 0.0359. The van der Waals surface area contributed by atoms with E-state index in [2.05, 4.69) is 0 Å². The Balaban J connectivity index is 3.14. The highest BCUT2D eigenvalue weighted by Crippen LogP contribution is 2.23. The van der Waals surface area contributed by atoms with Crippen molar-refractivity contribution >= 4 is 39.1 Å². The van der Waals surface area contributed by atoms with Crippen LogP contribution in [0.15, 0.2) is 34.4 Å². The van der Waals surface area contributed by atoms with Gasteiger partial charge in [0.05, 0.1) is 21.1 Å². The number of halogens is 1. The third kappa shape index (κ3) is 4.90. The van der Waals surface area contributed by atoms with Crippen molar-refractivity contribution in [3.63, 3.8) is 0 Å². The van der Waals surface area contributed by atoms with Crippen molar-refractivity contribution in [2.24, 2.45) is 0 Å². The summed E-state index contributed by atoms with van der Waals surface area (Å²) in [6.45, 7) is 1.81. The average molecular weight is 403 g/mol. The summed E-state index contributed by atoms with van der Waals surface area (Å²) in [4.78, 5) is 23.5. The second kappa shape index (κ2) is 8.43. The van der Waals surface area contributed by atoms with Crippen LogP contribution in [0, 0.1) is 5.41 Å². The molecular formula is C16H19ClN2O6S. The molecule has 1 rings (SSSR count). The summed E-state index contributed by atoms with van der Waals surface area (Å²) in [5.41, 5.74) is -0.644. The molecule has 0 amide bonds. The van der Waals surface area contributed by atoms with Gasteiger partial charge in [-0.2, -0.15) is 0 Å². The van der Waals surface area contributed by atoms with E-state index in [1.807, 2.05) is 0 Å². The van der Waals surface area contributed by atoms with E-state index >= 15 is 0 Å². The van der Waals surface area contributed by atoms with Gasteiger partial charge in [-0.1, -0.05) is 11.6 Å². The number of esters is 1. The summed E-state index contributed by atoms with van der Waals surface area (Å²) in [6.07, 6.45) is 0. The number of carbonyl (C=O) groups is 2. The van der Waals surface area contributed by atoms with Gasteiger partial charge in [-0.25, -0.2) is 17.5 Å². The molecule has 0 bridgehead atoms. The number of ketones is 1. The summed E-state index contributed by atoms with van der Waals surface area (Å²) in [6, 6.07) is 3.56. The van der Waals surface area contributed by atoms with E-state index in [4.69, 9.17) is 21.7 Å². The minimum atomic E-state index is -3.78. The number of hydrogen-bond donors (Lipinski definition) is 2. The predicted octanol–water partition coefficient (Wildman–Crippen LogP) is 2.19. The molecule has 26 heavy (non-hydrogen) atoms. The van der Waals surface area contributed by atoms with E-state index < -0.39 is 34.1 Å². The first-order valence-corrected chi connectivity index (χ1v) is 9.09. The zero-order valence-electron chi connectivity index (χ0n) is 14.7. The largest absolute Gasteiger partial charge is 0.508 e. The number of allylic oxidation sites excluding steroid dienone is 1. The monoisotopic (exact) mass is 402 g/mol. The molecule has 0 spiro atoms. The van der Waals surface area contributed by atoms with E-state index in [0.29, 0.717) is 0 Å². The van der Waals surface area contributed by atoms with E-state index in [-0.39, 0.29) is 26.8 Å². The fourth-order valence-corrected chi connectivity index (χ4v) is 3.12. The summed E-state index contributed by atoms with van der Waals surface area (Å²) >= 11 is 5.93. The molecule has 2 N–H and O–H groups in total. The van der Waals surface area contributed by atoms with E-state index in [9.17, 15) is 23.1 Å². The van der Waals surface area contributed by atoms with Crippen molar-refractivity contribution in [3.8, 4) is 0 Å². The maximum atomic E-state index is 12.2. The van der Waals surface area contributed by atoms with Crippen molar-refractivity contribution in [2.75, 3.05) is 20.7 Å². The van der Waals surface area contributed by atoms with Gasteiger partial charge in [0.15, 0.2) is 5.78 Å². The SMILES string of the molecule is CC(=N)/C(C(C)=O)=C(/O)COC(=O)c1cc(S(=O)(=O)N(C)C)ccc1Cl. The first kappa shape index (κ1) is 21.8. The van der Waals surface area contributed by atoms with Crippen LogP contribution in [0.1, 0.15) is 24.2 Å². The zero-order chi connectivity index (χ0) is 20.2. The Hall–Kier alpha value is -2.23. The number of Topliss-reactive ketones (excluding diaryl/α,β-unsaturated/α-hetero) is 1. The number of aliphatic hydroxyl groups is 1. The highest BCUT2D eigenvalue weighted by molar-refractivity contribution is 7.89. The quantitative estimate of drug-likeness (QED) is 0.311. The van der Waals surface area contributed by atoms with Gasteiger partial charge >= 0.3 is 5.97 Å². The van der Waals surface area contributed by atoms with Gasteiger partial charge in [-0.05, 0) is 32.0 Å². The van der Waals surface area contributed by atoms with Gasteiger partial charge in [0.1, 0.15) is 12.4 Å². The Bertz CT molecular complexity index is 874. The third-order valence-electron chi connectivity index (χ3n) is 3.29. The van der Waals surface area contributed by atoms with Crippen LogP contribution in [-0.2, 0) is 19.6 Å². The molecule has 0 unspecified atom stereocenters. The van der Waals surface area contributed by atoms with Gasteiger partial charge < -0.3 is 15.3 Å². The van der Waals surface area contributed by atoms with Gasteiger partial charge in [-0.3, -0.25) is 4.79 Å². The molecule has 0 fully saturated rings. The van der Waals surface area contributed by atoms with E-state index in [1.54, 1.807) is 0 Å². The second-order valence-electron chi connectivity index (χ2n) is 5.51. The van der Waals surface area contributed by atoms with E-state index in [0.717, 1.165) is 17.3 Å². The molecule has 0 aliphatic carbocycles. The zero-order valence-corrected chi connectivity index (χ0v) is 16.2. The summed E-state index contributed by atoms with van der Waals surface area (Å²) in [5.74, 6) is -2.11. The number of nitrogens with zero attached hydrogens (tertiary/aromatic N) is 1. The van der Waals surface area contributed by atoms with Crippen molar-refractivity contribution in [1.29, 1.82) is 5.41 Å². The standard InChI is InChI=1S/C16H19ClN2O6S/c1-9(18)15(10(2)20)14(21)8-25-16(22)12-7-11(5-6-13(12)17)26(23,24)19(3)4/h5-7,18,21H,8H2,1-4H3/b15-14-,18-9?. The lowest BCUT2D eigenvalue weighted by molar-refractivity contribution is -0.113. The third-order valence-corrected chi connectivity index (χ3v) is 5.43. The Morgan fingerprint density at radius 2 is 1.85 bits per heavy atom. The molecule has 1 aromatic rings. The van der Waals surface area contributed by atoms with Crippen molar-refractivity contribution in [3.05, 3.63) is 40.1 Å². The normalized spacial score (nSPS) is 12.5. The van der Waals surface area contributed by atoms with Crippen LogP contribution in [0.2, 0.25) is 5.02 Å². The Morgan fingerprint density at radius 3 is 2.31 bits per heavy atom. The van der Waals surface area contributed by atoms with E-state index in [1.165, 1.54) is 33.2 Å². The first-order chi connectivity index (χ1) is 11.9. The Morgan fingerprint density at radius 1 is 1.27 bits per heavy atom. The predicted molar refractivity (Wildman–Crippen MR) is 96.3 cm³/mol. The number of aliphatic hydroxyl groups excluding tert-OH is 1. The van der Waals surface area contributed by atoms with Gasteiger partial charge in [-0.15, -0.1) is 0 Å². The molecule has 1 aromatic carbocycles. The number of ether oxygens (including phenoxy) is 1. The second-order valence-corrected chi connectivity index (χ2v) is 8.07. The Labute approximate surface area is 156 Å². The minimum Gasteiger partial charge on any atom is -0.508 e. The summed E-state index contributed by atoms with van der Waals surface area (Å²) < 4.78 is 30.2. The van der Waals surface area contributed by atoms with Crippen LogP contribution in [0.5, 0.6) is 0 Å². The maximum absolute atomic E-state index is 12.2. The number of carbonyl (C=O) groups excluding carboxylic acids is 2. The van der Waals surface area contributed by atoms with Crippen molar-refractivity contribution in [1.82, 2.24) is 4.31 Å². The lowest BCUT2D eigenvalue weighted by Gasteiger charge is -2.13. The molecule has 0 aliphatic heterocycles. The lowest BCUT2D eigenvalue weighted by atomic mass is 10.1. The molecule has 0 heterocycles. The highest BCUT2D eigenvalue weighted by atomic mass is 35.5. The van der Waals surface area contributed by atoms with Crippen LogP contribution < -0.4 is 0 Å². The van der Waals surface area contributed by atoms with Gasteiger partial charge in [0.25, 0.3) is 0 Å². The molecule has 0 saturated heterocycles. The molecule has 0 aromatic heterocycles. The number of nitrogens with one attached hydrogen (secondary N) is 1. The Kier molecular flexibility index (Phi) is 7.08. The fourth-order valence-electron chi connectivity index (χ4n) is 2.00. The molecular weight excluding hydrogens is 384 g/mol. The van der Waals surface area contributed by atoms with Gasteiger partial charge in [0, 0.05) is 19.8 Å². The molecule has 142 valence electrons. The van der Waals surface area contributed by atoms with Crippen LogP contribution in [0.4, 0.5) is 0 Å². The number of sulfonamides is 1. The van der Waals surface area contributed by atoms with Crippen molar-refractivity contribution in [2.45, 2.75) is 18.7 Å². The highest BCUT2D eigenvalue weighted by Gasteiger charge is 2.22. The summed E-state index contributed by atoms with van der Waals surface area (Å²) in [7, 11) is -1.10. The van der Waals surface area contributed by atoms with Crippen LogP contribution in [0.3, 0.4) is 0 Å². The van der Waals surface area contributed by atoms with Gasteiger partial charge in [0.2, 0.25) is 10.0 Å². The summed E-state index contributed by atoms with van der Waals surface area (Å²) in [5, 5.41) is 17.3. The number of benzene rings is 1. The molecule has 0 atom stereocenters. The fraction of sp³-hybridized carbons (Fsp3) is 0.312. The molecule has 0 radical (unpaired) electrons. The molecule has 10 heteroatoms. The smallest absolute Gasteiger partial charge is 0.340 e. The number of rotatable bonds is 7. The molecule has 0 saturated carbocycles. The van der Waals surface area contributed by atoms with Crippen LogP contribution >= 0.6 is 11.6 Å². The molecule has 8 nitrogen and oxygen atoms in total. The van der Waals surface area contributed by atoms with Crippen molar-refractivity contribution < 1.29 is 27.9 Å². The maximum Gasteiger partial charge on any atom is 0.340 e. The molecule has 0 aliphatic rings. The van der Waals surface area contributed by atoms with Crippen LogP contribution in [-0.4, -0.2) is 56.0 Å².